The molecule has 3 aromatic carbocycles. The molecule has 1 atom stereocenters. The number of amides is 2. The Morgan fingerprint density at radius 3 is 2.46 bits per heavy atom. The third-order valence-corrected chi connectivity index (χ3v) is 11.1. The van der Waals surface area contributed by atoms with E-state index in [1.165, 1.54) is 5.56 Å². The maximum atomic E-state index is 13.8. The Hall–Kier alpha value is -4.81. The fraction of sp³-hybridized carbons (Fsp3) is 0.409. The number of rotatable bonds is 13. The van der Waals surface area contributed by atoms with Crippen LogP contribution in [0.3, 0.4) is 0 Å². The first-order valence-electron chi connectivity index (χ1n) is 19.9. The van der Waals surface area contributed by atoms with E-state index in [1.807, 2.05) is 42.1 Å². The molecule has 56 heavy (non-hydrogen) atoms. The van der Waals surface area contributed by atoms with Gasteiger partial charge in [0.2, 0.25) is 0 Å². The zero-order valence-corrected chi connectivity index (χ0v) is 33.6. The van der Waals surface area contributed by atoms with Crippen molar-refractivity contribution in [3.8, 4) is 11.1 Å². The lowest BCUT2D eigenvalue weighted by Gasteiger charge is -2.31. The number of carbonyl (C=O) groups is 2. The number of halogens is 1. The molecule has 11 nitrogen and oxygen atoms in total. The summed E-state index contributed by atoms with van der Waals surface area (Å²) in [6, 6.07) is 20.4. The van der Waals surface area contributed by atoms with Gasteiger partial charge >= 0.3 is 0 Å². The van der Waals surface area contributed by atoms with Gasteiger partial charge in [-0.25, -0.2) is 9.67 Å². The minimum absolute atomic E-state index is 0.249. The lowest BCUT2D eigenvalue weighted by atomic mass is 10.00. The Balaban J connectivity index is 1.04. The minimum atomic E-state index is -0.262. The predicted molar refractivity (Wildman–Crippen MR) is 223 cm³/mol. The number of hydrogen-bond acceptors (Lipinski definition) is 8. The Kier molecular flexibility index (Phi) is 12.7. The van der Waals surface area contributed by atoms with E-state index in [4.69, 9.17) is 21.3 Å². The maximum Gasteiger partial charge on any atom is 0.251 e. The Morgan fingerprint density at radius 2 is 1.73 bits per heavy atom. The van der Waals surface area contributed by atoms with Gasteiger partial charge in [0.05, 0.1) is 17.3 Å². The van der Waals surface area contributed by atoms with Gasteiger partial charge in [-0.05, 0) is 98.7 Å². The van der Waals surface area contributed by atoms with Gasteiger partial charge in [0.15, 0.2) is 5.65 Å². The smallest absolute Gasteiger partial charge is 0.251 e. The third-order valence-electron chi connectivity index (χ3n) is 10.8. The molecule has 2 saturated heterocycles. The summed E-state index contributed by atoms with van der Waals surface area (Å²) in [4.78, 5) is 34.8. The Bertz CT molecular complexity index is 2200. The summed E-state index contributed by atoms with van der Waals surface area (Å²) in [5.74, 6) is -0.521. The number of nitrogens with one attached hydrogen (secondary N) is 4. The highest BCUT2D eigenvalue weighted by Gasteiger charge is 2.23. The topological polar surface area (TPSA) is 125 Å². The fourth-order valence-electron chi connectivity index (χ4n) is 7.86. The molecule has 2 fully saturated rings. The number of ether oxygens (including phenoxy) is 1. The zero-order chi connectivity index (χ0) is 39.2. The first-order chi connectivity index (χ1) is 27.2. The van der Waals surface area contributed by atoms with Crippen LogP contribution in [0, 0.1) is 6.92 Å². The maximum absolute atomic E-state index is 13.8. The van der Waals surface area contributed by atoms with Crippen LogP contribution in [0.2, 0.25) is 5.02 Å². The second-order valence-electron chi connectivity index (χ2n) is 15.1. The molecule has 4 heterocycles. The average molecular weight is 777 g/mol. The van der Waals surface area contributed by atoms with Gasteiger partial charge in [0.1, 0.15) is 0 Å². The number of nitrogens with zero attached hydrogens (tertiary/aromatic N) is 4. The molecule has 2 aromatic heterocycles. The third kappa shape index (κ3) is 9.24. The molecular weight excluding hydrogens is 724 g/mol. The van der Waals surface area contributed by atoms with Crippen LogP contribution < -0.4 is 21.3 Å². The molecule has 0 bridgehead atoms. The molecule has 294 valence electrons. The zero-order valence-electron chi connectivity index (χ0n) is 32.9. The summed E-state index contributed by atoms with van der Waals surface area (Å²) in [5, 5.41) is 19.7. The lowest BCUT2D eigenvalue weighted by Crippen LogP contribution is -2.48. The number of pyridine rings is 1. The number of benzene rings is 3. The van der Waals surface area contributed by atoms with E-state index in [1.54, 1.807) is 12.1 Å². The molecule has 7 rings (SSSR count). The molecular formula is C44H53ClN8O3. The minimum Gasteiger partial charge on any atom is -0.381 e. The van der Waals surface area contributed by atoms with Crippen LogP contribution in [0.15, 0.2) is 66.9 Å². The van der Waals surface area contributed by atoms with E-state index < -0.39 is 0 Å². The lowest BCUT2D eigenvalue weighted by molar-refractivity contribution is 0.0904. The van der Waals surface area contributed by atoms with E-state index >= 15 is 0 Å². The van der Waals surface area contributed by atoms with Gasteiger partial charge in [-0.15, -0.1) is 0 Å². The molecule has 12 heteroatoms. The SMILES string of the molecule is CCc1nc2c(cnn2CC)c(NC2CCOCC2)c1CNC(=O)c1cc(C)cc(C(=O)NCc2ccc(Cl)c(-c3cccc(CN4CCN[C@H](C)C4)c3)c2)c1. The van der Waals surface area contributed by atoms with Crippen LogP contribution in [0.25, 0.3) is 22.2 Å². The largest absolute Gasteiger partial charge is 0.381 e. The quantitative estimate of drug-likeness (QED) is 0.102. The van der Waals surface area contributed by atoms with Gasteiger partial charge in [0, 0.05) is 104 Å². The fourth-order valence-corrected chi connectivity index (χ4v) is 8.08. The molecule has 0 saturated carbocycles. The van der Waals surface area contributed by atoms with Crippen molar-refractivity contribution in [3.05, 3.63) is 111 Å². The van der Waals surface area contributed by atoms with Gasteiger partial charge < -0.3 is 26.0 Å². The van der Waals surface area contributed by atoms with Crippen molar-refractivity contribution in [2.45, 2.75) is 85.2 Å². The highest BCUT2D eigenvalue weighted by atomic mass is 35.5. The number of anilines is 1. The molecule has 2 aliphatic heterocycles. The van der Waals surface area contributed by atoms with Crippen molar-refractivity contribution >= 4 is 40.1 Å². The predicted octanol–water partition coefficient (Wildman–Crippen LogP) is 6.89. The molecule has 2 amide bonds. The molecule has 0 radical (unpaired) electrons. The Morgan fingerprint density at radius 1 is 0.964 bits per heavy atom. The van der Waals surface area contributed by atoms with Crippen LogP contribution in [-0.4, -0.2) is 76.4 Å². The number of piperazine rings is 1. The van der Waals surface area contributed by atoms with Crippen molar-refractivity contribution in [2.75, 3.05) is 38.2 Å². The van der Waals surface area contributed by atoms with Crippen molar-refractivity contribution in [3.63, 3.8) is 0 Å². The van der Waals surface area contributed by atoms with Gasteiger partial charge in [-0.3, -0.25) is 14.5 Å². The average Bonchev–Trinajstić information content (AvgIpc) is 3.63. The highest BCUT2D eigenvalue weighted by Crippen LogP contribution is 2.32. The highest BCUT2D eigenvalue weighted by molar-refractivity contribution is 6.33. The van der Waals surface area contributed by atoms with Gasteiger partial charge in [0.25, 0.3) is 11.8 Å². The number of hydrogen-bond donors (Lipinski definition) is 4. The van der Waals surface area contributed by atoms with Crippen LogP contribution in [0.4, 0.5) is 5.69 Å². The van der Waals surface area contributed by atoms with Crippen LogP contribution in [0.1, 0.15) is 82.3 Å². The molecule has 2 aliphatic rings. The van der Waals surface area contributed by atoms with E-state index in [0.717, 1.165) is 89.3 Å². The molecule has 0 aliphatic carbocycles. The van der Waals surface area contributed by atoms with E-state index in [-0.39, 0.29) is 24.4 Å². The van der Waals surface area contributed by atoms with E-state index in [9.17, 15) is 9.59 Å². The number of aryl methyl sites for hydroxylation is 3. The monoisotopic (exact) mass is 776 g/mol. The summed E-state index contributed by atoms with van der Waals surface area (Å²) < 4.78 is 7.52. The number of fused-ring (bicyclic) bond motifs is 1. The van der Waals surface area contributed by atoms with Crippen LogP contribution in [-0.2, 0) is 37.3 Å². The number of carbonyl (C=O) groups excluding carboxylic acids is 2. The summed E-state index contributed by atoms with van der Waals surface area (Å²) in [5.41, 5.74) is 9.46. The second-order valence-corrected chi connectivity index (χ2v) is 15.5. The van der Waals surface area contributed by atoms with E-state index in [0.29, 0.717) is 54.9 Å². The Labute approximate surface area is 334 Å². The van der Waals surface area contributed by atoms with Crippen LogP contribution in [0.5, 0.6) is 0 Å². The van der Waals surface area contributed by atoms with Gasteiger partial charge in [-0.2, -0.15) is 5.10 Å². The molecule has 0 spiro atoms. The summed E-state index contributed by atoms with van der Waals surface area (Å²) in [6.07, 6.45) is 4.36. The number of aromatic nitrogens is 3. The van der Waals surface area contributed by atoms with Gasteiger partial charge in [-0.1, -0.05) is 42.8 Å². The standard InChI is InChI=1S/C44H53ClN8O3/c1-5-40-37(41(50-35-12-16-56-17-13-35)38-25-49-53(6-2)42(38)51-40)24-48-44(55)34-19-28(3)18-33(22-34)43(54)47-23-30-10-11-39(45)36(21-30)32-9-7-8-31(20-32)27-52-15-14-46-29(4)26-52/h7-11,18-22,25,29,35,46H,5-6,12-17,23-24,26-27H2,1-4H3,(H,47,54)(H,48,55)(H,50,51)/t29-/m1/s1. The van der Waals surface area contributed by atoms with Crippen molar-refractivity contribution in [1.82, 2.24) is 35.6 Å². The van der Waals surface area contributed by atoms with Crippen molar-refractivity contribution < 1.29 is 14.3 Å². The molecule has 0 unspecified atom stereocenters. The first kappa shape index (κ1) is 39.4. The second kappa shape index (κ2) is 18.0. The normalized spacial score (nSPS) is 16.6. The first-order valence-corrected chi connectivity index (χ1v) is 20.3. The van der Waals surface area contributed by atoms with Crippen molar-refractivity contribution in [2.24, 2.45) is 0 Å². The van der Waals surface area contributed by atoms with E-state index in [2.05, 4.69) is 76.3 Å². The summed E-state index contributed by atoms with van der Waals surface area (Å²) in [7, 11) is 0. The van der Waals surface area contributed by atoms with Crippen molar-refractivity contribution in [1.29, 1.82) is 0 Å². The summed E-state index contributed by atoms with van der Waals surface area (Å²) >= 11 is 6.72. The molecule has 5 aromatic rings. The molecule has 4 N–H and O–H groups in total. The van der Waals surface area contributed by atoms with Crippen LogP contribution >= 0.6 is 11.6 Å². The summed E-state index contributed by atoms with van der Waals surface area (Å²) in [6.45, 7) is 14.9.